The van der Waals surface area contributed by atoms with E-state index in [2.05, 4.69) is 12.2 Å². The Labute approximate surface area is 334 Å². The van der Waals surface area contributed by atoms with Gasteiger partial charge in [-0.05, 0) is 35.4 Å². The van der Waals surface area contributed by atoms with Gasteiger partial charge in [-0.1, -0.05) is 148 Å². The number of nitrogens with zero attached hydrogens (tertiary/aromatic N) is 1. The summed E-state index contributed by atoms with van der Waals surface area (Å²) in [5.41, 5.74) is 2.56. The summed E-state index contributed by atoms with van der Waals surface area (Å²) in [6, 6.07) is 15.8. The first-order valence-corrected chi connectivity index (χ1v) is 22.1. The Morgan fingerprint density at radius 2 is 1.27 bits per heavy atom. The lowest BCUT2D eigenvalue weighted by Crippen LogP contribution is -2.62. The number of rotatable bonds is 27. The van der Waals surface area contributed by atoms with E-state index in [9.17, 15) is 33.5 Å². The summed E-state index contributed by atoms with van der Waals surface area (Å²) in [6.07, 6.45) is 5.86. The fourth-order valence-electron chi connectivity index (χ4n) is 6.50. The molecule has 56 heavy (non-hydrogen) atoms. The highest BCUT2D eigenvalue weighted by atomic mass is 31.2. The average Bonchev–Trinajstić information content (AvgIpc) is 3.16. The van der Waals surface area contributed by atoms with Crippen molar-refractivity contribution in [1.82, 2.24) is 10.2 Å². The van der Waals surface area contributed by atoms with Gasteiger partial charge in [0.05, 0.1) is 19.1 Å². The molecule has 314 valence electrons. The zero-order valence-corrected chi connectivity index (χ0v) is 35.5. The van der Waals surface area contributed by atoms with E-state index in [0.29, 0.717) is 5.56 Å². The van der Waals surface area contributed by atoms with E-state index < -0.39 is 67.4 Å². The number of unbranched alkanes of at least 4 members (excludes halogenated alkanes) is 7. The van der Waals surface area contributed by atoms with E-state index in [4.69, 9.17) is 14.2 Å². The van der Waals surface area contributed by atoms with Crippen LogP contribution in [0.25, 0.3) is 11.1 Å². The molecule has 0 aliphatic carbocycles. The molecule has 0 fully saturated rings. The van der Waals surface area contributed by atoms with Crippen molar-refractivity contribution in [3.05, 3.63) is 60.2 Å². The molecule has 13 heteroatoms. The fourth-order valence-corrected chi connectivity index (χ4v) is 7.93. The Morgan fingerprint density at radius 3 is 1.80 bits per heavy atom. The van der Waals surface area contributed by atoms with Gasteiger partial charge < -0.3 is 29.3 Å². The first-order chi connectivity index (χ1) is 26.6. The average molecular weight is 803 g/mol. The smallest absolute Gasteiger partial charge is 0.346 e. The third-order valence-corrected chi connectivity index (χ3v) is 10.9. The van der Waals surface area contributed by atoms with Crippen LogP contribution in [0, 0.1) is 11.8 Å². The van der Waals surface area contributed by atoms with Crippen molar-refractivity contribution in [3.63, 3.8) is 0 Å². The summed E-state index contributed by atoms with van der Waals surface area (Å²) in [6.45, 7) is 12.3. The Hall–Kier alpha value is -3.57. The van der Waals surface area contributed by atoms with Crippen LogP contribution in [0.4, 0.5) is 0 Å². The van der Waals surface area contributed by atoms with Crippen LogP contribution in [0.5, 0.6) is 0 Å². The molecule has 0 saturated carbocycles. The van der Waals surface area contributed by atoms with Crippen LogP contribution in [0.1, 0.15) is 125 Å². The van der Waals surface area contributed by atoms with E-state index in [0.717, 1.165) is 36.8 Å². The highest BCUT2D eigenvalue weighted by molar-refractivity contribution is 7.52. The van der Waals surface area contributed by atoms with E-state index in [1.807, 2.05) is 54.6 Å². The van der Waals surface area contributed by atoms with Crippen LogP contribution in [0.2, 0.25) is 0 Å². The predicted molar refractivity (Wildman–Crippen MR) is 218 cm³/mol. The molecular weight excluding hydrogens is 735 g/mol. The number of hydrogen-bond donors (Lipinski definition) is 3. The van der Waals surface area contributed by atoms with Crippen molar-refractivity contribution in [2.24, 2.45) is 11.8 Å². The minimum Gasteiger partial charge on any atom is -0.466 e. The Kier molecular flexibility index (Phi) is 22.2. The van der Waals surface area contributed by atoms with Crippen LogP contribution < -0.4 is 5.32 Å². The summed E-state index contributed by atoms with van der Waals surface area (Å²) in [4.78, 5) is 76.2. The number of ether oxygens (including phenoxy) is 3. The molecule has 0 heterocycles. The highest BCUT2D eigenvalue weighted by Gasteiger charge is 2.52. The van der Waals surface area contributed by atoms with E-state index in [1.54, 1.807) is 41.5 Å². The number of amides is 1. The van der Waals surface area contributed by atoms with Crippen molar-refractivity contribution in [3.8, 4) is 11.1 Å². The van der Waals surface area contributed by atoms with Gasteiger partial charge in [0.2, 0.25) is 5.91 Å². The molecule has 0 bridgehead atoms. The lowest BCUT2D eigenvalue weighted by molar-refractivity contribution is -0.180. The van der Waals surface area contributed by atoms with Crippen molar-refractivity contribution in [2.75, 3.05) is 13.2 Å². The van der Waals surface area contributed by atoms with Gasteiger partial charge in [0.15, 0.2) is 12.0 Å². The number of hydrogen-bond acceptors (Lipinski definition) is 9. The summed E-state index contributed by atoms with van der Waals surface area (Å²) in [5, 5.41) is 2.79. The number of carbonyl (C=O) groups is 4. The fraction of sp³-hybridized carbons (Fsp3) is 0.628. The van der Waals surface area contributed by atoms with Gasteiger partial charge in [-0.3, -0.25) is 23.7 Å². The molecule has 0 spiro atoms. The van der Waals surface area contributed by atoms with Crippen molar-refractivity contribution < 1.29 is 47.7 Å². The van der Waals surface area contributed by atoms with Gasteiger partial charge in [-0.15, -0.1) is 0 Å². The van der Waals surface area contributed by atoms with Crippen molar-refractivity contribution in [1.29, 1.82) is 0 Å². The zero-order valence-electron chi connectivity index (χ0n) is 34.6. The second-order valence-electron chi connectivity index (χ2n) is 15.0. The normalized spacial score (nSPS) is 13.9. The molecule has 2 rings (SSSR count). The predicted octanol–water partition coefficient (Wildman–Crippen LogP) is 8.17. The molecule has 2 aromatic carbocycles. The minimum absolute atomic E-state index is 0.0328. The summed E-state index contributed by atoms with van der Waals surface area (Å²) in [5.74, 6) is -5.54. The van der Waals surface area contributed by atoms with Crippen molar-refractivity contribution in [2.45, 2.75) is 150 Å². The maximum atomic E-state index is 14.5. The number of carbonyl (C=O) groups excluding carboxylic acids is 4. The topological polar surface area (TPSA) is 169 Å². The summed E-state index contributed by atoms with van der Waals surface area (Å²) < 4.78 is 30.8. The molecule has 3 N–H and O–H groups in total. The van der Waals surface area contributed by atoms with Crippen molar-refractivity contribution >= 4 is 31.4 Å². The molecule has 0 radical (unpaired) electrons. The third-order valence-electron chi connectivity index (χ3n) is 9.60. The summed E-state index contributed by atoms with van der Waals surface area (Å²) >= 11 is 0. The second-order valence-corrected chi connectivity index (χ2v) is 16.7. The molecule has 2 aromatic rings. The number of esters is 3. The van der Waals surface area contributed by atoms with Crippen LogP contribution >= 0.6 is 7.60 Å². The standard InChI is InChI=1S/C43H67N2O10P/c1-8-11-12-13-14-15-16-20-29-53-39(48)27-28-44-41(49)36(30-33-23-25-35(26-24-33)34-21-18-17-19-22-34)45(42(32(6)7)55-38(47)10-3)43(56(50,51)52)40(31(4)5)54-37(46)9-2/h17-19,21-26,31-32,36,40,42-43H,8-16,20,27-30H2,1-7H3,(H,44,49)(H2,50,51,52). The van der Waals surface area contributed by atoms with Gasteiger partial charge in [0.25, 0.3) is 0 Å². The third kappa shape index (κ3) is 16.9. The monoisotopic (exact) mass is 802 g/mol. The van der Waals surface area contributed by atoms with E-state index >= 15 is 0 Å². The van der Waals surface area contributed by atoms with Crippen LogP contribution in [-0.2, 0) is 44.4 Å². The largest absolute Gasteiger partial charge is 0.466 e. The quantitative estimate of drug-likeness (QED) is 0.0262. The minimum atomic E-state index is -5.27. The molecular formula is C43H67N2O10P. The van der Waals surface area contributed by atoms with Gasteiger partial charge in [0.1, 0.15) is 6.10 Å². The van der Waals surface area contributed by atoms with Crippen LogP contribution in [0.15, 0.2) is 54.6 Å². The molecule has 0 aliphatic rings. The van der Waals surface area contributed by atoms with Gasteiger partial charge in [-0.2, -0.15) is 0 Å². The van der Waals surface area contributed by atoms with E-state index in [1.165, 1.54) is 30.6 Å². The Balaban J connectivity index is 2.51. The molecule has 0 saturated heterocycles. The van der Waals surface area contributed by atoms with Gasteiger partial charge in [0, 0.05) is 25.3 Å². The van der Waals surface area contributed by atoms with Crippen LogP contribution in [-0.4, -0.2) is 75.8 Å². The number of nitrogens with one attached hydrogen (secondary N) is 1. The molecule has 4 unspecified atom stereocenters. The second kappa shape index (κ2) is 25.6. The highest BCUT2D eigenvalue weighted by Crippen LogP contribution is 2.49. The van der Waals surface area contributed by atoms with E-state index in [-0.39, 0.29) is 38.8 Å². The summed E-state index contributed by atoms with van der Waals surface area (Å²) in [7, 11) is -5.27. The first kappa shape index (κ1) is 48.6. The lowest BCUT2D eigenvalue weighted by Gasteiger charge is -2.46. The first-order valence-electron chi connectivity index (χ1n) is 20.4. The molecule has 0 aromatic heterocycles. The maximum Gasteiger partial charge on any atom is 0.346 e. The maximum absolute atomic E-state index is 14.5. The Morgan fingerprint density at radius 1 is 0.714 bits per heavy atom. The molecule has 1 amide bonds. The lowest BCUT2D eigenvalue weighted by atomic mass is 9.97. The van der Waals surface area contributed by atoms with Crippen LogP contribution in [0.3, 0.4) is 0 Å². The number of benzene rings is 2. The Bertz CT molecular complexity index is 1510. The SMILES string of the molecule is CCCCCCCCCCOC(=O)CCNC(=O)C(Cc1ccc(-c2ccccc2)cc1)N(C(OC(=O)CC)C(C)C)C(C(OC(=O)CC)C(C)C)P(=O)(O)O. The van der Waals surface area contributed by atoms with Gasteiger partial charge >= 0.3 is 25.5 Å². The zero-order chi connectivity index (χ0) is 41.7. The molecule has 4 atom stereocenters. The van der Waals surface area contributed by atoms with Gasteiger partial charge in [-0.25, -0.2) is 4.90 Å². The molecule has 0 aliphatic heterocycles. The molecule has 12 nitrogen and oxygen atoms in total.